The molecule has 0 bridgehead atoms. The molecule has 0 saturated heterocycles. The van der Waals surface area contributed by atoms with Gasteiger partial charge in [-0.15, -0.1) is 0 Å². The highest BCUT2D eigenvalue weighted by Gasteiger charge is 2.34. The number of nitrogens with zero attached hydrogens (tertiary/aromatic N) is 2. The summed E-state index contributed by atoms with van der Waals surface area (Å²) >= 11 is 10.9. The number of anilines is 4. The van der Waals surface area contributed by atoms with Gasteiger partial charge in [-0.25, -0.2) is 0 Å². The van der Waals surface area contributed by atoms with Gasteiger partial charge >= 0.3 is 0 Å². The maximum atomic E-state index is 14.0. The summed E-state index contributed by atoms with van der Waals surface area (Å²) in [7, 11) is 0. The van der Waals surface area contributed by atoms with Crippen molar-refractivity contribution in [2.24, 2.45) is 0 Å². The first-order valence-electron chi connectivity index (χ1n) is 20.6. The number of non-ortho nitro benzene ring substituents is 2. The minimum absolute atomic E-state index is 0.0421. The Kier molecular flexibility index (Phi) is 14.0. The molecule has 1 aliphatic carbocycles. The van der Waals surface area contributed by atoms with Gasteiger partial charge in [-0.2, -0.15) is 0 Å². The topological polar surface area (TPSA) is 251 Å². The summed E-state index contributed by atoms with van der Waals surface area (Å²) in [4.78, 5) is 76.1. The van der Waals surface area contributed by atoms with Crippen LogP contribution in [0.25, 0.3) is 21.5 Å². The van der Waals surface area contributed by atoms with E-state index in [1.54, 1.807) is 111 Å². The van der Waals surface area contributed by atoms with E-state index >= 15 is 0 Å². The number of nitrogens with one attached hydrogen (secondary N) is 8. The lowest BCUT2D eigenvalue weighted by atomic mass is 9.82. The predicted molar refractivity (Wildman–Crippen MR) is 262 cm³/mol. The largest absolute Gasteiger partial charge is 0.383 e. The van der Waals surface area contributed by atoms with Gasteiger partial charge in [-0.05, 0) is 74.7 Å². The van der Waals surface area contributed by atoms with Gasteiger partial charge in [-0.1, -0.05) is 60.7 Å². The Morgan fingerprint density at radius 1 is 0.515 bits per heavy atom. The highest BCUT2D eigenvalue weighted by molar-refractivity contribution is 7.80. The van der Waals surface area contributed by atoms with Crippen LogP contribution in [0.2, 0.25) is 0 Å². The molecule has 0 aromatic heterocycles. The number of thiocarbonyl (C=S) groups is 2. The predicted octanol–water partition coefficient (Wildman–Crippen LogP) is 6.39. The van der Waals surface area contributed by atoms with Crippen LogP contribution in [0.15, 0.2) is 109 Å². The van der Waals surface area contributed by atoms with Crippen LogP contribution in [0, 0.1) is 20.2 Å². The number of carbonyl (C=O) groups is 4. The Morgan fingerprint density at radius 2 is 0.864 bits per heavy atom. The van der Waals surface area contributed by atoms with E-state index in [4.69, 9.17) is 24.4 Å². The zero-order valence-electron chi connectivity index (χ0n) is 35.4. The second-order valence-corrected chi connectivity index (χ2v) is 15.9. The number of benzene rings is 6. The summed E-state index contributed by atoms with van der Waals surface area (Å²) in [5.41, 5.74) is 2.63. The third kappa shape index (κ3) is 9.98. The molecule has 336 valence electrons. The van der Waals surface area contributed by atoms with Gasteiger partial charge in [0, 0.05) is 83.0 Å². The van der Waals surface area contributed by atoms with E-state index in [1.807, 2.05) is 0 Å². The summed E-state index contributed by atoms with van der Waals surface area (Å²) in [6, 6.07) is 27.9. The van der Waals surface area contributed by atoms with Crippen LogP contribution >= 0.6 is 24.4 Å². The molecular formula is C46H42N10O8S2. The number of fused-ring (bicyclic) bond motifs is 4. The minimum Gasteiger partial charge on any atom is -0.383 e. The van der Waals surface area contributed by atoms with Crippen molar-refractivity contribution >= 4 is 114 Å². The molecule has 1 aliphatic rings. The summed E-state index contributed by atoms with van der Waals surface area (Å²) in [6.07, 6.45) is 0. The number of ketones is 2. The minimum atomic E-state index is -0.766. The molecule has 0 fully saturated rings. The van der Waals surface area contributed by atoms with Gasteiger partial charge in [0.2, 0.25) is 11.8 Å². The van der Waals surface area contributed by atoms with Gasteiger partial charge in [0.25, 0.3) is 11.4 Å². The fraction of sp³-hybridized carbons (Fsp3) is 0.174. The van der Waals surface area contributed by atoms with Crippen molar-refractivity contribution in [1.29, 1.82) is 0 Å². The molecule has 0 radical (unpaired) electrons. The smallest absolute Gasteiger partial charge is 0.277 e. The van der Waals surface area contributed by atoms with Crippen LogP contribution in [0.4, 0.5) is 34.1 Å². The van der Waals surface area contributed by atoms with Crippen LogP contribution < -0.4 is 42.5 Å². The average molecular weight is 927 g/mol. The van der Waals surface area contributed by atoms with Crippen molar-refractivity contribution in [3.63, 3.8) is 0 Å². The Bertz CT molecular complexity index is 2790. The summed E-state index contributed by atoms with van der Waals surface area (Å²) < 4.78 is 0. The van der Waals surface area contributed by atoms with E-state index in [1.165, 1.54) is 12.1 Å². The van der Waals surface area contributed by atoms with Crippen molar-refractivity contribution in [2.45, 2.75) is 25.9 Å². The van der Waals surface area contributed by atoms with Crippen LogP contribution in [-0.2, 0) is 9.59 Å². The van der Waals surface area contributed by atoms with Gasteiger partial charge in [0.15, 0.2) is 21.8 Å². The Balaban J connectivity index is 0.925. The van der Waals surface area contributed by atoms with E-state index < -0.39 is 21.9 Å². The van der Waals surface area contributed by atoms with E-state index in [2.05, 4.69) is 42.5 Å². The van der Waals surface area contributed by atoms with E-state index in [9.17, 15) is 39.4 Å². The average Bonchev–Trinajstić information content (AvgIpc) is 3.30. The molecule has 0 unspecified atom stereocenters. The lowest BCUT2D eigenvalue weighted by Crippen LogP contribution is -2.47. The molecule has 18 nitrogen and oxygen atoms in total. The van der Waals surface area contributed by atoms with Crippen LogP contribution in [0.3, 0.4) is 0 Å². The van der Waals surface area contributed by atoms with Crippen LogP contribution in [-0.4, -0.2) is 81.7 Å². The number of rotatable bonds is 16. The third-order valence-corrected chi connectivity index (χ3v) is 11.2. The number of hydrogen-bond acceptors (Lipinski definition) is 12. The lowest BCUT2D eigenvalue weighted by Gasteiger charge is -2.24. The Hall–Kier alpha value is -8.10. The number of nitro groups is 2. The number of hydrogen-bond donors (Lipinski definition) is 8. The number of nitro benzene ring substituents is 2. The van der Waals surface area contributed by atoms with Gasteiger partial charge < -0.3 is 42.5 Å². The van der Waals surface area contributed by atoms with E-state index in [0.717, 1.165) is 0 Å². The first kappa shape index (κ1) is 45.9. The van der Waals surface area contributed by atoms with Gasteiger partial charge in [-0.3, -0.25) is 39.4 Å². The molecule has 6 aromatic rings. The van der Waals surface area contributed by atoms with Gasteiger partial charge in [0.1, 0.15) is 12.1 Å². The number of carbonyl (C=O) groups excluding carboxylic acids is 4. The molecule has 2 amide bonds. The second-order valence-electron chi connectivity index (χ2n) is 15.1. The first-order chi connectivity index (χ1) is 31.7. The van der Waals surface area contributed by atoms with Gasteiger partial charge in [0.05, 0.1) is 31.7 Å². The molecule has 8 N–H and O–H groups in total. The molecular weight excluding hydrogens is 885 g/mol. The monoisotopic (exact) mass is 926 g/mol. The summed E-state index contributed by atoms with van der Waals surface area (Å²) in [5.74, 6) is -1.45. The van der Waals surface area contributed by atoms with E-state index in [0.29, 0.717) is 44.3 Å². The molecule has 6 aromatic carbocycles. The number of amides is 2. The highest BCUT2D eigenvalue weighted by atomic mass is 32.1. The fourth-order valence-corrected chi connectivity index (χ4v) is 8.11. The maximum Gasteiger partial charge on any atom is 0.277 e. The molecule has 0 heterocycles. The second kappa shape index (κ2) is 20.2. The van der Waals surface area contributed by atoms with Crippen LogP contribution in [0.5, 0.6) is 0 Å². The van der Waals surface area contributed by atoms with Crippen molar-refractivity contribution in [3.05, 3.63) is 152 Å². The van der Waals surface area contributed by atoms with Crippen molar-refractivity contribution in [1.82, 2.24) is 21.3 Å². The van der Waals surface area contributed by atoms with Crippen molar-refractivity contribution < 1.29 is 29.0 Å². The molecule has 0 aliphatic heterocycles. The maximum absolute atomic E-state index is 14.0. The quantitative estimate of drug-likeness (QED) is 0.0226. The molecule has 0 spiro atoms. The molecule has 7 rings (SSSR count). The fourth-order valence-electron chi connectivity index (χ4n) is 7.53. The summed E-state index contributed by atoms with van der Waals surface area (Å²) in [6.45, 7) is 3.93. The molecule has 66 heavy (non-hydrogen) atoms. The zero-order valence-corrected chi connectivity index (χ0v) is 37.0. The van der Waals surface area contributed by atoms with Crippen molar-refractivity contribution in [3.8, 4) is 0 Å². The van der Waals surface area contributed by atoms with E-state index in [-0.39, 0.29) is 93.4 Å². The summed E-state index contributed by atoms with van der Waals surface area (Å²) in [5, 5.41) is 49.3. The Labute approximate surface area is 387 Å². The zero-order chi connectivity index (χ0) is 47.1. The van der Waals surface area contributed by atoms with Crippen LogP contribution in [0.1, 0.15) is 45.7 Å². The standard InChI is InChI=1S/C46H42N10O8S2/c1-25(51-45(65)53-33-17-19-37(55(61)62)29-11-5-3-9-27(29)33)43(59)49-23-21-47-35-15-16-36(40-39(35)41(57)31-13-7-8-14-32(31)42(40)58)48-22-24-50-44(60)26(2)52-46(66)54-34-18-20-38(56(63)64)30-12-6-4-10-28(30)34/h3-20,25-26,47-48H,21-24H2,1-2H3,(H,49,59)(H,50,60)(H2,51,53,65)(H2,52,54,66)/t25-,26-/m0/s1. The molecule has 2 atom stereocenters. The highest BCUT2D eigenvalue weighted by Crippen LogP contribution is 2.37. The lowest BCUT2D eigenvalue weighted by molar-refractivity contribution is -0.383. The Morgan fingerprint density at radius 3 is 1.24 bits per heavy atom. The SMILES string of the molecule is C[C@H](NC(=S)Nc1ccc([N+](=O)[O-])c2ccccc12)C(=O)NCCNc1ccc(NCCNC(=O)[C@H](C)NC(=S)Nc2ccc([N+](=O)[O-])c3ccccc23)c2c1C(=O)c1ccccc1C2=O. The third-order valence-electron chi connectivity index (χ3n) is 10.7. The first-order valence-corrected chi connectivity index (χ1v) is 21.4. The normalized spacial score (nSPS) is 12.5. The molecule has 0 saturated carbocycles. The molecule has 20 heteroatoms. The van der Waals surface area contributed by atoms with Crippen molar-refractivity contribution in [2.75, 3.05) is 47.4 Å².